The molecule has 0 saturated carbocycles. The maximum atomic E-state index is 12.8. The third-order valence-corrected chi connectivity index (χ3v) is 5.18. The number of rotatable bonds is 4. The third-order valence-electron chi connectivity index (χ3n) is 5.18. The second-order valence-electron chi connectivity index (χ2n) is 6.80. The first-order chi connectivity index (χ1) is 11.2. The summed E-state index contributed by atoms with van der Waals surface area (Å²) in [4.78, 5) is 14.8. The Morgan fingerprint density at radius 2 is 1.96 bits per heavy atom. The first-order valence-corrected chi connectivity index (χ1v) is 8.43. The first-order valence-electron chi connectivity index (χ1n) is 8.43. The molecule has 5 nitrogen and oxygen atoms in total. The quantitative estimate of drug-likeness (QED) is 0.856. The molecule has 0 bridgehead atoms. The van der Waals surface area contributed by atoms with Crippen LogP contribution in [0.5, 0.6) is 0 Å². The molecule has 3 aliphatic rings. The van der Waals surface area contributed by atoms with Crippen LogP contribution in [0, 0.1) is 5.92 Å². The highest BCUT2D eigenvalue weighted by Gasteiger charge is 2.48. The van der Waals surface area contributed by atoms with Gasteiger partial charge in [0.1, 0.15) is 0 Å². The van der Waals surface area contributed by atoms with Gasteiger partial charge in [0.2, 0.25) is 5.91 Å². The van der Waals surface area contributed by atoms with Gasteiger partial charge in [-0.15, -0.1) is 0 Å². The van der Waals surface area contributed by atoms with Crippen LogP contribution in [0.4, 0.5) is 0 Å². The van der Waals surface area contributed by atoms with Gasteiger partial charge in [-0.3, -0.25) is 4.79 Å². The van der Waals surface area contributed by atoms with Gasteiger partial charge in [0, 0.05) is 17.9 Å². The Balaban J connectivity index is 1.43. The number of benzene rings is 1. The Hall–Kier alpha value is -1.43. The molecule has 23 heavy (non-hydrogen) atoms. The summed E-state index contributed by atoms with van der Waals surface area (Å²) < 4.78 is 17.2. The summed E-state index contributed by atoms with van der Waals surface area (Å²) in [6, 6.07) is 10.2. The van der Waals surface area contributed by atoms with Crippen molar-refractivity contribution in [2.45, 2.75) is 44.2 Å². The van der Waals surface area contributed by atoms with Crippen LogP contribution in [0.1, 0.15) is 38.0 Å². The van der Waals surface area contributed by atoms with E-state index in [1.165, 1.54) is 0 Å². The summed E-state index contributed by atoms with van der Waals surface area (Å²) >= 11 is 0. The van der Waals surface area contributed by atoms with Gasteiger partial charge in [-0.25, -0.2) is 0 Å². The Labute approximate surface area is 136 Å². The number of fused-ring (bicyclic) bond motifs is 1. The monoisotopic (exact) mass is 317 g/mol. The Bertz CT molecular complexity index is 570. The van der Waals surface area contributed by atoms with E-state index in [-0.39, 0.29) is 24.1 Å². The van der Waals surface area contributed by atoms with Crippen molar-refractivity contribution < 1.29 is 19.0 Å². The maximum Gasteiger partial charge on any atom is 0.228 e. The molecule has 0 spiro atoms. The molecule has 5 heteroatoms. The summed E-state index contributed by atoms with van der Waals surface area (Å²) in [6.45, 7) is 3.89. The van der Waals surface area contributed by atoms with Gasteiger partial charge < -0.3 is 19.1 Å². The van der Waals surface area contributed by atoms with Crippen LogP contribution in [-0.2, 0) is 19.0 Å². The number of amides is 1. The van der Waals surface area contributed by atoms with Crippen LogP contribution in [0.3, 0.4) is 0 Å². The predicted octanol–water partition coefficient (Wildman–Crippen LogP) is 2.48. The fraction of sp³-hybridized carbons (Fsp3) is 0.611. The van der Waals surface area contributed by atoms with Gasteiger partial charge in [0.15, 0.2) is 12.0 Å². The zero-order valence-corrected chi connectivity index (χ0v) is 13.4. The summed E-state index contributed by atoms with van der Waals surface area (Å²) in [7, 11) is 0. The molecule has 3 fully saturated rings. The van der Waals surface area contributed by atoms with E-state index in [1.54, 1.807) is 0 Å². The molecule has 0 N–H and O–H groups in total. The van der Waals surface area contributed by atoms with E-state index in [0.29, 0.717) is 19.8 Å². The molecule has 124 valence electrons. The first kappa shape index (κ1) is 15.1. The smallest absolute Gasteiger partial charge is 0.228 e. The minimum absolute atomic E-state index is 0.0553. The molecule has 3 saturated heterocycles. The molecule has 1 aromatic carbocycles. The van der Waals surface area contributed by atoms with Crippen molar-refractivity contribution >= 4 is 5.91 Å². The van der Waals surface area contributed by atoms with E-state index in [4.69, 9.17) is 14.2 Å². The molecule has 3 heterocycles. The fourth-order valence-corrected chi connectivity index (χ4v) is 3.92. The molecule has 3 unspecified atom stereocenters. The highest BCUT2D eigenvalue weighted by atomic mass is 16.7. The van der Waals surface area contributed by atoms with Gasteiger partial charge in [-0.2, -0.15) is 0 Å². The van der Waals surface area contributed by atoms with E-state index in [9.17, 15) is 4.79 Å². The van der Waals surface area contributed by atoms with Crippen LogP contribution >= 0.6 is 0 Å². The van der Waals surface area contributed by atoms with E-state index in [2.05, 4.69) is 0 Å². The maximum absolute atomic E-state index is 12.8. The Kier molecular flexibility index (Phi) is 3.87. The zero-order valence-electron chi connectivity index (χ0n) is 13.4. The molecule has 3 atom stereocenters. The van der Waals surface area contributed by atoms with Crippen molar-refractivity contribution in [3.05, 3.63) is 35.9 Å². The lowest BCUT2D eigenvalue weighted by molar-refractivity contribution is -0.152. The summed E-state index contributed by atoms with van der Waals surface area (Å²) in [5, 5.41) is 0. The summed E-state index contributed by atoms with van der Waals surface area (Å²) in [5.74, 6) is -0.245. The molecule has 1 amide bonds. The van der Waals surface area contributed by atoms with Crippen molar-refractivity contribution in [1.29, 1.82) is 0 Å². The molecule has 0 aliphatic carbocycles. The number of ether oxygens (including phenoxy) is 3. The number of hydrogen-bond donors (Lipinski definition) is 0. The minimum atomic E-state index is -0.511. The van der Waals surface area contributed by atoms with Crippen LogP contribution in [0.15, 0.2) is 30.3 Å². The van der Waals surface area contributed by atoms with E-state index in [0.717, 1.165) is 24.8 Å². The molecule has 3 aliphatic heterocycles. The third kappa shape index (κ3) is 2.77. The predicted molar refractivity (Wildman–Crippen MR) is 83.4 cm³/mol. The van der Waals surface area contributed by atoms with Gasteiger partial charge in [0.05, 0.1) is 25.9 Å². The van der Waals surface area contributed by atoms with Gasteiger partial charge >= 0.3 is 0 Å². The fourth-order valence-electron chi connectivity index (χ4n) is 3.92. The van der Waals surface area contributed by atoms with Gasteiger partial charge in [-0.1, -0.05) is 30.3 Å². The number of carbonyl (C=O) groups excluding carboxylic acids is 1. The SMILES string of the molecule is CC1(CCC2CC3COC(c4ccccc4)N3C2=O)OCCO1. The van der Waals surface area contributed by atoms with Crippen molar-refractivity contribution in [2.75, 3.05) is 19.8 Å². The number of carbonyl (C=O) groups is 1. The van der Waals surface area contributed by atoms with Crippen LogP contribution in [0.25, 0.3) is 0 Å². The standard InChI is InChI=1S/C18H23NO4/c1-18(22-9-10-23-18)8-7-14-11-15-12-21-17(19(15)16(14)20)13-5-3-2-4-6-13/h2-6,14-15,17H,7-12H2,1H3. The zero-order chi connectivity index (χ0) is 15.9. The summed E-state index contributed by atoms with van der Waals surface area (Å²) in [6.07, 6.45) is 2.22. The number of hydrogen-bond acceptors (Lipinski definition) is 4. The van der Waals surface area contributed by atoms with Crippen LogP contribution in [-0.4, -0.2) is 42.5 Å². The van der Waals surface area contributed by atoms with E-state index in [1.807, 2.05) is 42.2 Å². The lowest BCUT2D eigenvalue weighted by Crippen LogP contribution is -2.33. The van der Waals surface area contributed by atoms with Gasteiger partial charge in [0.25, 0.3) is 0 Å². The summed E-state index contributed by atoms with van der Waals surface area (Å²) in [5.41, 5.74) is 1.05. The molecule has 0 radical (unpaired) electrons. The molecule has 1 aromatic rings. The minimum Gasteiger partial charge on any atom is -0.352 e. The van der Waals surface area contributed by atoms with Crippen molar-refractivity contribution in [2.24, 2.45) is 5.92 Å². The van der Waals surface area contributed by atoms with Crippen LogP contribution < -0.4 is 0 Å². The normalized spacial score (nSPS) is 32.5. The molecule has 4 rings (SSSR count). The topological polar surface area (TPSA) is 48.0 Å². The average Bonchev–Trinajstić information content (AvgIpc) is 3.24. The van der Waals surface area contributed by atoms with Gasteiger partial charge in [-0.05, 0) is 19.8 Å². The van der Waals surface area contributed by atoms with Crippen LogP contribution in [0.2, 0.25) is 0 Å². The van der Waals surface area contributed by atoms with Crippen molar-refractivity contribution in [3.63, 3.8) is 0 Å². The average molecular weight is 317 g/mol. The molecule has 0 aromatic heterocycles. The molecular formula is C18H23NO4. The highest BCUT2D eigenvalue weighted by Crippen LogP contribution is 2.41. The lowest BCUT2D eigenvalue weighted by Gasteiger charge is -2.25. The molecular weight excluding hydrogens is 294 g/mol. The van der Waals surface area contributed by atoms with E-state index < -0.39 is 5.79 Å². The Morgan fingerprint density at radius 1 is 1.22 bits per heavy atom. The Morgan fingerprint density at radius 3 is 2.70 bits per heavy atom. The van der Waals surface area contributed by atoms with Crippen molar-refractivity contribution in [1.82, 2.24) is 4.90 Å². The largest absolute Gasteiger partial charge is 0.352 e. The number of nitrogens with zero attached hydrogens (tertiary/aromatic N) is 1. The van der Waals surface area contributed by atoms with Crippen molar-refractivity contribution in [3.8, 4) is 0 Å². The second-order valence-corrected chi connectivity index (χ2v) is 6.80. The highest BCUT2D eigenvalue weighted by molar-refractivity contribution is 5.82. The van der Waals surface area contributed by atoms with E-state index >= 15 is 0 Å². The second kappa shape index (κ2) is 5.89. The lowest BCUT2D eigenvalue weighted by atomic mass is 9.96.